The standard InChI is InChI=1S/2C23H22N2.3C20H22N2/c1-17-9-4-7-12-20(17)21-13-8-14-22(25(21)3)23-15-18-10-5-6-11-19(18)16-24(23)2;1-17-9-4-6-11-19(17)21-13-8-14-22(25(21)3)23-20-12-7-5-10-18(20)15-16-24(23)2;1-15-9-7-10-16(2)20(15)19-13-8-12-18(22(19)4)17-11-5-6-14-21(17)3;1-15-11-12-17(16(2)14-15)18-9-7-10-20(22(18)4)19-8-5-6-13-21(19)3;1-15-11-12-16(2)17(14-15)18-9-7-10-20(22(18)4)19-8-5-6-13-21(19)3/h2*4-16H,1-3H3;3*5-14H,1-4H3/q5*+2. The lowest BCUT2D eigenvalue weighted by Gasteiger charge is -2.09. The highest BCUT2D eigenvalue weighted by Crippen LogP contribution is 2.31. The summed E-state index contributed by atoms with van der Waals surface area (Å²) in [5.41, 5.74) is 35.1. The fourth-order valence-corrected chi connectivity index (χ4v) is 16.1. The highest BCUT2D eigenvalue weighted by atomic mass is 15.0. The first kappa shape index (κ1) is 80.6. The average Bonchev–Trinajstić information content (AvgIpc) is 0.589. The first-order valence-electron chi connectivity index (χ1n) is 40.0. The van der Waals surface area contributed by atoms with E-state index in [0.717, 1.165) is 0 Å². The number of benzene rings is 7. The predicted octanol–water partition coefficient (Wildman–Crippen LogP) is 18.1. The van der Waals surface area contributed by atoms with Gasteiger partial charge < -0.3 is 0 Å². The van der Waals surface area contributed by atoms with Crippen LogP contribution in [0.3, 0.4) is 0 Å². The van der Waals surface area contributed by atoms with Crippen molar-refractivity contribution in [3.63, 3.8) is 0 Å². The molecular formula is C106H110N10+10. The predicted molar refractivity (Wildman–Crippen MR) is 471 cm³/mol. The lowest BCUT2D eigenvalue weighted by molar-refractivity contribution is -0.685. The molecule has 116 heavy (non-hydrogen) atoms. The van der Waals surface area contributed by atoms with Crippen LogP contribution in [0.2, 0.25) is 0 Å². The van der Waals surface area contributed by atoms with Crippen LogP contribution in [0, 0.1) is 55.4 Å². The molecule has 0 bridgehead atoms. The van der Waals surface area contributed by atoms with Gasteiger partial charge in [-0.1, -0.05) is 126 Å². The molecule has 0 aliphatic heterocycles. The summed E-state index contributed by atoms with van der Waals surface area (Å²) < 4.78 is 22.3. The molecule has 0 aliphatic carbocycles. The van der Waals surface area contributed by atoms with Crippen molar-refractivity contribution in [2.75, 3.05) is 0 Å². The molecule has 17 rings (SSSR count). The Morgan fingerprint density at radius 3 is 1.02 bits per heavy atom. The number of hydrogen-bond acceptors (Lipinski definition) is 0. The first-order chi connectivity index (χ1) is 56.1. The molecule has 10 heteroatoms. The third-order valence-electron chi connectivity index (χ3n) is 22.6. The number of rotatable bonds is 10. The van der Waals surface area contributed by atoms with Crippen LogP contribution >= 0.6 is 0 Å². The van der Waals surface area contributed by atoms with E-state index in [9.17, 15) is 0 Å². The third-order valence-corrected chi connectivity index (χ3v) is 22.6. The minimum absolute atomic E-state index is 1.20. The zero-order valence-electron chi connectivity index (χ0n) is 70.8. The fourth-order valence-electron chi connectivity index (χ4n) is 16.1. The quantitative estimate of drug-likeness (QED) is 0.122. The zero-order valence-corrected chi connectivity index (χ0v) is 70.8. The van der Waals surface area contributed by atoms with E-state index in [2.05, 4.69) is 512 Å². The summed E-state index contributed by atoms with van der Waals surface area (Å²) in [7, 11) is 21.2. The van der Waals surface area contributed by atoms with E-state index < -0.39 is 0 Å². The summed E-state index contributed by atoms with van der Waals surface area (Å²) in [5, 5.41) is 5.05. The SMILES string of the molecule is Cc1ccc(-c2cccc(-c3cccc[n+]3C)[n+]2C)c(C)c1.Cc1ccc(C)c(-c2cccc(-c3cccc[n+]3C)[n+]2C)c1.Cc1cccc(C)c1-c1cccc(-c2cccc[n+]2C)[n+]1C.Cc1ccccc1-c1cccc(-c2c3ccccc3cc[n+]2C)[n+]1C.Cc1ccccc1-c1cccc(-c2cc3ccccc3c[n+]2C)[n+]1C. The Bertz CT molecular complexity index is 6440. The first-order valence-corrected chi connectivity index (χ1v) is 40.0. The lowest BCUT2D eigenvalue weighted by atomic mass is 9.99. The topological polar surface area (TPSA) is 38.8 Å². The molecule has 0 saturated heterocycles. The van der Waals surface area contributed by atoms with E-state index in [1.54, 1.807) is 0 Å². The lowest BCUT2D eigenvalue weighted by Crippen LogP contribution is -2.40. The van der Waals surface area contributed by atoms with Crippen LogP contribution in [0.15, 0.2) is 340 Å². The van der Waals surface area contributed by atoms with Crippen LogP contribution in [0.5, 0.6) is 0 Å². The smallest absolute Gasteiger partial charge is 0.196 e. The minimum Gasteiger partial charge on any atom is -0.196 e. The summed E-state index contributed by atoms with van der Waals surface area (Å²) in [6, 6.07) is 110. The van der Waals surface area contributed by atoms with Crippen LogP contribution in [-0.2, 0) is 70.5 Å². The number of aromatic nitrogens is 10. The van der Waals surface area contributed by atoms with Crippen molar-refractivity contribution >= 4 is 21.5 Å². The molecule has 17 aromatic rings. The van der Waals surface area contributed by atoms with Gasteiger partial charge in [-0.15, -0.1) is 0 Å². The minimum atomic E-state index is 1.20. The summed E-state index contributed by atoms with van der Waals surface area (Å²) in [6.07, 6.45) is 10.6. The van der Waals surface area contributed by atoms with Crippen LogP contribution in [0.25, 0.3) is 135 Å². The molecule has 0 spiro atoms. The Morgan fingerprint density at radius 1 is 0.181 bits per heavy atom. The van der Waals surface area contributed by atoms with E-state index in [-0.39, 0.29) is 0 Å². The summed E-state index contributed by atoms with van der Waals surface area (Å²) >= 11 is 0. The summed E-state index contributed by atoms with van der Waals surface area (Å²) in [5.74, 6) is 0. The van der Waals surface area contributed by atoms with Gasteiger partial charge in [0.25, 0.3) is 56.9 Å². The van der Waals surface area contributed by atoms with Gasteiger partial charge in [0.15, 0.2) is 31.0 Å². The van der Waals surface area contributed by atoms with Gasteiger partial charge in [0.2, 0.25) is 28.5 Å². The van der Waals surface area contributed by atoms with Gasteiger partial charge in [-0.3, -0.25) is 0 Å². The number of fused-ring (bicyclic) bond motifs is 2. The fraction of sp³-hybridized carbons (Fsp3) is 0.170. The van der Waals surface area contributed by atoms with Crippen molar-refractivity contribution in [1.29, 1.82) is 0 Å². The average molecular weight is 1520 g/mol. The van der Waals surface area contributed by atoms with E-state index in [0.29, 0.717) is 0 Å². The molecule has 0 saturated carbocycles. The molecule has 10 aromatic heterocycles. The van der Waals surface area contributed by atoms with Crippen molar-refractivity contribution < 1.29 is 45.7 Å². The van der Waals surface area contributed by atoms with Gasteiger partial charge in [0, 0.05) is 137 Å². The number of hydrogen-bond donors (Lipinski definition) is 0. The number of aryl methyl sites for hydroxylation is 13. The number of nitrogens with zero attached hydrogens (tertiary/aromatic N) is 10. The van der Waals surface area contributed by atoms with E-state index in [1.165, 1.54) is 179 Å². The van der Waals surface area contributed by atoms with Gasteiger partial charge in [0.05, 0.1) is 10.9 Å². The Labute approximate surface area is 686 Å². The maximum absolute atomic E-state index is 2.30. The molecule has 0 atom stereocenters. The van der Waals surface area contributed by atoms with E-state index >= 15 is 0 Å². The van der Waals surface area contributed by atoms with Gasteiger partial charge in [-0.25, -0.2) is 0 Å². The molecule has 0 amide bonds. The Kier molecular flexibility index (Phi) is 25.1. The van der Waals surface area contributed by atoms with Crippen LogP contribution in [-0.4, -0.2) is 0 Å². The van der Waals surface area contributed by atoms with Crippen LogP contribution in [0.4, 0.5) is 0 Å². The monoisotopic (exact) mass is 1520 g/mol. The van der Waals surface area contributed by atoms with E-state index in [4.69, 9.17) is 0 Å². The second kappa shape index (κ2) is 36.1. The molecule has 0 aliphatic rings. The van der Waals surface area contributed by atoms with Crippen molar-refractivity contribution in [3.05, 3.63) is 385 Å². The molecule has 0 unspecified atom stereocenters. The number of pyridine rings is 10. The third kappa shape index (κ3) is 17.5. The highest BCUT2D eigenvalue weighted by Gasteiger charge is 2.30. The van der Waals surface area contributed by atoms with Crippen molar-refractivity contribution in [3.8, 4) is 113 Å². The molecule has 0 N–H and O–H groups in total. The maximum atomic E-state index is 2.30. The molecule has 0 fully saturated rings. The summed E-state index contributed by atoms with van der Waals surface area (Å²) in [4.78, 5) is 0. The van der Waals surface area contributed by atoms with Crippen LogP contribution < -0.4 is 45.7 Å². The van der Waals surface area contributed by atoms with Crippen molar-refractivity contribution in [2.45, 2.75) is 55.4 Å². The Balaban J connectivity index is 0.000000126. The van der Waals surface area contributed by atoms with Crippen LogP contribution in [0.1, 0.15) is 44.5 Å². The Morgan fingerprint density at radius 2 is 0.526 bits per heavy atom. The van der Waals surface area contributed by atoms with Crippen molar-refractivity contribution in [1.82, 2.24) is 0 Å². The normalized spacial score (nSPS) is 10.8. The van der Waals surface area contributed by atoms with Crippen molar-refractivity contribution in [2.24, 2.45) is 70.5 Å². The molecule has 10 heterocycles. The zero-order chi connectivity index (χ0) is 81.8. The van der Waals surface area contributed by atoms with Gasteiger partial charge >= 0.3 is 0 Å². The van der Waals surface area contributed by atoms with E-state index in [1.807, 2.05) is 0 Å². The molecule has 0 radical (unpaired) electrons. The Hall–Kier alpha value is -13.4. The second-order valence-electron chi connectivity index (χ2n) is 30.7. The van der Waals surface area contributed by atoms with Gasteiger partial charge in [0.1, 0.15) is 70.5 Å². The second-order valence-corrected chi connectivity index (χ2v) is 30.7. The maximum Gasteiger partial charge on any atom is 0.285 e. The molecule has 7 aromatic carbocycles. The largest absolute Gasteiger partial charge is 0.285 e. The molecule has 10 nitrogen and oxygen atoms in total. The molecular weight excluding hydrogens is 1410 g/mol. The molecule has 574 valence electrons. The summed E-state index contributed by atoms with van der Waals surface area (Å²) in [6.45, 7) is 17.3. The highest BCUT2D eigenvalue weighted by molar-refractivity contribution is 5.91. The van der Waals surface area contributed by atoms with Gasteiger partial charge in [-0.2, -0.15) is 45.7 Å². The van der Waals surface area contributed by atoms with Gasteiger partial charge in [-0.05, 0) is 184 Å².